The summed E-state index contributed by atoms with van der Waals surface area (Å²) in [5.41, 5.74) is 0.728. The average molecular weight is 411 g/mol. The van der Waals surface area contributed by atoms with Crippen molar-refractivity contribution in [1.82, 2.24) is 0 Å². The molecule has 0 fully saturated rings. The van der Waals surface area contributed by atoms with E-state index < -0.39 is 0 Å². The molecule has 0 aliphatic heterocycles. The van der Waals surface area contributed by atoms with Crippen LogP contribution in [0.3, 0.4) is 0 Å². The zero-order valence-corrected chi connectivity index (χ0v) is 14.2. The number of nitrogens with one attached hydrogen (secondary N) is 1. The van der Waals surface area contributed by atoms with Gasteiger partial charge in [-0.2, -0.15) is 0 Å². The lowest BCUT2D eigenvalue weighted by molar-refractivity contribution is -0.137. The Morgan fingerprint density at radius 3 is 2.74 bits per heavy atom. The number of carbonyl (C=O) groups is 2. The van der Waals surface area contributed by atoms with Crippen LogP contribution < -0.4 is 5.32 Å². The van der Waals surface area contributed by atoms with Gasteiger partial charge in [-0.1, -0.05) is 15.9 Å². The Bertz CT molecular complexity index is 468. The molecule has 1 aromatic rings. The number of ether oxygens (including phenoxy) is 1. The Hall–Kier alpha value is -0.530. The molecule has 0 aromatic heterocycles. The molecule has 0 aliphatic rings. The van der Waals surface area contributed by atoms with Crippen molar-refractivity contribution in [1.29, 1.82) is 0 Å². The summed E-state index contributed by atoms with van der Waals surface area (Å²) in [6, 6.07) is 5.53. The van der Waals surface area contributed by atoms with Crippen LogP contribution in [0.15, 0.2) is 27.1 Å². The predicted molar refractivity (Wildman–Crippen MR) is 84.4 cm³/mol. The molecule has 0 radical (unpaired) electrons. The van der Waals surface area contributed by atoms with Crippen LogP contribution in [0.4, 0.5) is 5.69 Å². The first kappa shape index (κ1) is 16.5. The van der Waals surface area contributed by atoms with E-state index in [-0.39, 0.29) is 17.6 Å². The maximum absolute atomic E-state index is 11.7. The van der Waals surface area contributed by atoms with Crippen molar-refractivity contribution in [3.8, 4) is 0 Å². The second kappa shape index (κ2) is 8.60. The number of hydrogen-bond acceptors (Lipinski definition) is 4. The Morgan fingerprint density at radius 1 is 1.37 bits per heavy atom. The van der Waals surface area contributed by atoms with Crippen LogP contribution in [-0.2, 0) is 14.3 Å². The molecule has 0 saturated heterocycles. The minimum atomic E-state index is -0.277. The second-order valence-corrected chi connectivity index (χ2v) is 6.43. The molecule has 1 N–H and O–H groups in total. The molecule has 1 amide bonds. The van der Waals surface area contributed by atoms with Crippen LogP contribution in [-0.4, -0.2) is 30.5 Å². The van der Waals surface area contributed by atoms with Crippen molar-refractivity contribution in [2.45, 2.75) is 6.42 Å². The van der Waals surface area contributed by atoms with E-state index >= 15 is 0 Å². The van der Waals surface area contributed by atoms with Crippen molar-refractivity contribution >= 4 is 61.2 Å². The lowest BCUT2D eigenvalue weighted by Gasteiger charge is -2.07. The van der Waals surface area contributed by atoms with Gasteiger partial charge in [0, 0.05) is 21.1 Å². The third-order valence-corrected chi connectivity index (χ3v) is 4.21. The third kappa shape index (κ3) is 6.44. The number of anilines is 1. The highest BCUT2D eigenvalue weighted by Crippen LogP contribution is 2.26. The van der Waals surface area contributed by atoms with Gasteiger partial charge in [-0.15, -0.1) is 11.8 Å². The Balaban J connectivity index is 2.33. The van der Waals surface area contributed by atoms with Gasteiger partial charge in [0.1, 0.15) is 0 Å². The number of thioether (sulfide) groups is 1. The number of amides is 1. The molecule has 1 rings (SSSR count). The van der Waals surface area contributed by atoms with E-state index in [9.17, 15) is 9.59 Å². The van der Waals surface area contributed by atoms with Gasteiger partial charge in [-0.3, -0.25) is 9.59 Å². The van der Waals surface area contributed by atoms with Crippen LogP contribution in [0.1, 0.15) is 6.42 Å². The largest absolute Gasteiger partial charge is 0.468 e. The van der Waals surface area contributed by atoms with E-state index in [1.54, 1.807) is 0 Å². The van der Waals surface area contributed by atoms with Gasteiger partial charge >= 0.3 is 5.97 Å². The van der Waals surface area contributed by atoms with Crippen LogP contribution in [0.5, 0.6) is 0 Å². The maximum Gasteiger partial charge on any atom is 0.315 e. The predicted octanol–water partition coefficient (Wildman–Crippen LogP) is 3.45. The molecule has 0 atom stereocenters. The van der Waals surface area contributed by atoms with Crippen molar-refractivity contribution in [2.75, 3.05) is 23.9 Å². The standard InChI is InChI=1S/C12H13Br2NO3S/c1-18-12(17)7-19-5-4-11(16)15-10-3-2-8(13)6-9(10)14/h2-3,6H,4-5,7H2,1H3,(H,15,16). The van der Waals surface area contributed by atoms with Gasteiger partial charge < -0.3 is 10.1 Å². The van der Waals surface area contributed by atoms with Crippen LogP contribution >= 0.6 is 43.6 Å². The van der Waals surface area contributed by atoms with Crippen LogP contribution in [0, 0.1) is 0 Å². The smallest absolute Gasteiger partial charge is 0.315 e. The summed E-state index contributed by atoms with van der Waals surface area (Å²) < 4.78 is 6.26. The summed E-state index contributed by atoms with van der Waals surface area (Å²) in [5, 5.41) is 2.80. The van der Waals surface area contributed by atoms with Gasteiger partial charge in [-0.05, 0) is 34.1 Å². The number of rotatable bonds is 6. The van der Waals surface area contributed by atoms with E-state index in [2.05, 4.69) is 41.9 Å². The van der Waals surface area contributed by atoms with Gasteiger partial charge in [0.05, 0.1) is 18.6 Å². The first-order valence-corrected chi connectivity index (χ1v) is 8.16. The normalized spacial score (nSPS) is 10.1. The van der Waals surface area contributed by atoms with Crippen LogP contribution in [0.25, 0.3) is 0 Å². The molecule has 0 aliphatic carbocycles. The molecule has 1 aromatic carbocycles. The Labute approximate surface area is 132 Å². The van der Waals surface area contributed by atoms with Crippen molar-refractivity contribution in [3.05, 3.63) is 27.1 Å². The maximum atomic E-state index is 11.7. The summed E-state index contributed by atoms with van der Waals surface area (Å²) in [5.74, 6) is 0.488. The molecule has 0 bridgehead atoms. The SMILES string of the molecule is COC(=O)CSCCC(=O)Nc1ccc(Br)cc1Br. The van der Waals surface area contributed by atoms with Gasteiger partial charge in [0.2, 0.25) is 5.91 Å². The van der Waals surface area contributed by atoms with E-state index in [1.165, 1.54) is 18.9 Å². The van der Waals surface area contributed by atoms with Crippen molar-refractivity contribution in [2.24, 2.45) is 0 Å². The Morgan fingerprint density at radius 2 is 2.11 bits per heavy atom. The van der Waals surface area contributed by atoms with E-state index in [4.69, 9.17) is 0 Å². The summed E-state index contributed by atoms with van der Waals surface area (Å²) in [6.07, 6.45) is 0.351. The quantitative estimate of drug-likeness (QED) is 0.576. The minimum Gasteiger partial charge on any atom is -0.468 e. The fourth-order valence-corrected chi connectivity index (χ4v) is 3.09. The fraction of sp³-hybridized carbons (Fsp3) is 0.333. The molecule has 0 unspecified atom stereocenters. The topological polar surface area (TPSA) is 55.4 Å². The first-order chi connectivity index (χ1) is 9.02. The lowest BCUT2D eigenvalue weighted by Crippen LogP contribution is -2.13. The zero-order chi connectivity index (χ0) is 14.3. The third-order valence-electron chi connectivity index (χ3n) is 2.13. The van der Waals surface area contributed by atoms with Crippen molar-refractivity contribution in [3.63, 3.8) is 0 Å². The fourth-order valence-electron chi connectivity index (χ4n) is 1.18. The highest BCUT2D eigenvalue weighted by Gasteiger charge is 2.07. The molecule has 4 nitrogen and oxygen atoms in total. The van der Waals surface area contributed by atoms with Gasteiger partial charge in [0.15, 0.2) is 0 Å². The highest BCUT2D eigenvalue weighted by molar-refractivity contribution is 9.11. The minimum absolute atomic E-state index is 0.0830. The molecular weight excluding hydrogens is 398 g/mol. The number of methoxy groups -OCH3 is 1. The summed E-state index contributed by atoms with van der Waals surface area (Å²) in [4.78, 5) is 22.6. The van der Waals surface area contributed by atoms with Gasteiger partial charge in [-0.25, -0.2) is 0 Å². The molecule has 0 saturated carbocycles. The van der Waals surface area contributed by atoms with E-state index in [0.717, 1.165) is 14.6 Å². The number of carbonyl (C=O) groups excluding carboxylic acids is 2. The molecule has 0 heterocycles. The summed E-state index contributed by atoms with van der Waals surface area (Å²) >= 11 is 8.10. The monoisotopic (exact) mass is 409 g/mol. The highest BCUT2D eigenvalue weighted by atomic mass is 79.9. The zero-order valence-electron chi connectivity index (χ0n) is 10.2. The number of benzene rings is 1. The first-order valence-electron chi connectivity index (χ1n) is 5.42. The second-order valence-electron chi connectivity index (χ2n) is 3.55. The molecule has 19 heavy (non-hydrogen) atoms. The molecular formula is C12H13Br2NO3S. The van der Waals surface area contributed by atoms with E-state index in [1.807, 2.05) is 18.2 Å². The molecule has 0 spiro atoms. The van der Waals surface area contributed by atoms with Crippen LogP contribution in [0.2, 0.25) is 0 Å². The molecule has 7 heteroatoms. The average Bonchev–Trinajstić information content (AvgIpc) is 2.37. The summed E-state index contributed by atoms with van der Waals surface area (Å²) in [6.45, 7) is 0. The van der Waals surface area contributed by atoms with E-state index in [0.29, 0.717) is 12.2 Å². The summed E-state index contributed by atoms with van der Waals surface area (Å²) in [7, 11) is 1.35. The molecule has 104 valence electrons. The van der Waals surface area contributed by atoms with Gasteiger partial charge in [0.25, 0.3) is 0 Å². The lowest BCUT2D eigenvalue weighted by atomic mass is 10.3. The Kier molecular flexibility index (Phi) is 7.48. The number of esters is 1. The van der Waals surface area contributed by atoms with Crippen molar-refractivity contribution < 1.29 is 14.3 Å². The number of halogens is 2. The number of hydrogen-bond donors (Lipinski definition) is 1.